The minimum atomic E-state index is -0.737. The van der Waals surface area contributed by atoms with Gasteiger partial charge in [-0.2, -0.15) is 11.8 Å². The second-order valence-corrected chi connectivity index (χ2v) is 4.63. The quantitative estimate of drug-likeness (QED) is 0.412. The number of nitrogens with zero attached hydrogens (tertiary/aromatic N) is 3. The molecule has 96 valence electrons. The number of aliphatic hydroxyl groups is 2. The molecule has 0 aliphatic carbocycles. The van der Waals surface area contributed by atoms with E-state index in [9.17, 15) is 10.1 Å². The molecule has 1 unspecified atom stereocenters. The van der Waals surface area contributed by atoms with E-state index in [0.717, 1.165) is 0 Å². The van der Waals surface area contributed by atoms with Gasteiger partial charge in [0.05, 0.1) is 12.7 Å². The molecule has 7 nitrogen and oxygen atoms in total. The van der Waals surface area contributed by atoms with Crippen molar-refractivity contribution < 1.29 is 15.1 Å². The van der Waals surface area contributed by atoms with E-state index in [1.54, 1.807) is 6.92 Å². The Labute approximate surface area is 103 Å². The molecule has 0 aromatic carbocycles. The third kappa shape index (κ3) is 3.99. The molecule has 0 aliphatic rings. The molecule has 0 saturated heterocycles. The topological polar surface area (TPSA) is 101 Å². The fourth-order valence-corrected chi connectivity index (χ4v) is 2.16. The zero-order valence-electron chi connectivity index (χ0n) is 9.44. The summed E-state index contributed by atoms with van der Waals surface area (Å²) in [5.74, 6) is 1.61. The van der Waals surface area contributed by atoms with Gasteiger partial charge in [-0.15, -0.1) is 0 Å². The molecule has 1 rings (SSSR count). The lowest BCUT2D eigenvalue weighted by atomic mass is 10.4. The predicted octanol–water partition coefficient (Wildman–Crippen LogP) is 0.186. The molecule has 0 spiro atoms. The molecule has 1 atom stereocenters. The molecule has 0 saturated carbocycles. The minimum absolute atomic E-state index is 0.0224. The van der Waals surface area contributed by atoms with Crippen molar-refractivity contribution in [3.63, 3.8) is 0 Å². The highest BCUT2D eigenvalue weighted by molar-refractivity contribution is 7.99. The average Bonchev–Trinajstić information content (AvgIpc) is 2.66. The maximum Gasteiger partial charge on any atom is 0.342 e. The monoisotopic (exact) mass is 261 g/mol. The van der Waals surface area contributed by atoms with E-state index in [2.05, 4.69) is 4.98 Å². The van der Waals surface area contributed by atoms with Gasteiger partial charge in [0.2, 0.25) is 0 Å². The van der Waals surface area contributed by atoms with E-state index < -0.39 is 11.0 Å². The number of aryl methyl sites for hydroxylation is 1. The molecule has 8 heteroatoms. The molecule has 0 bridgehead atoms. The summed E-state index contributed by atoms with van der Waals surface area (Å²) in [6, 6.07) is 0. The van der Waals surface area contributed by atoms with Gasteiger partial charge in [0.25, 0.3) is 0 Å². The van der Waals surface area contributed by atoms with E-state index in [0.29, 0.717) is 23.9 Å². The standard InChI is InChI=1S/C9H15N3O4S/c1-7-10-4-9(12(15)16)11(7)2-3-17-6-8(14)5-13/h4,8,13-14H,2-3,5-6H2,1H3. The Bertz CT molecular complexity index is 382. The summed E-state index contributed by atoms with van der Waals surface area (Å²) in [5.41, 5.74) is 0. The summed E-state index contributed by atoms with van der Waals surface area (Å²) < 4.78 is 1.53. The van der Waals surface area contributed by atoms with Gasteiger partial charge in [-0.1, -0.05) is 0 Å². The van der Waals surface area contributed by atoms with Gasteiger partial charge >= 0.3 is 5.82 Å². The lowest BCUT2D eigenvalue weighted by Crippen LogP contribution is -2.16. The largest absolute Gasteiger partial charge is 0.394 e. The Kier molecular flexibility index (Phi) is 5.39. The van der Waals surface area contributed by atoms with E-state index in [1.807, 2.05) is 0 Å². The van der Waals surface area contributed by atoms with Crippen molar-refractivity contribution in [2.45, 2.75) is 19.6 Å². The fraction of sp³-hybridized carbons (Fsp3) is 0.667. The summed E-state index contributed by atoms with van der Waals surface area (Å²) in [4.78, 5) is 14.1. The fourth-order valence-electron chi connectivity index (χ4n) is 1.31. The Morgan fingerprint density at radius 2 is 2.41 bits per heavy atom. The number of imidazole rings is 1. The van der Waals surface area contributed by atoms with E-state index in [1.165, 1.54) is 22.5 Å². The van der Waals surface area contributed by atoms with Crippen LogP contribution >= 0.6 is 11.8 Å². The zero-order chi connectivity index (χ0) is 12.8. The number of aromatic nitrogens is 2. The van der Waals surface area contributed by atoms with Crippen LogP contribution in [-0.4, -0.2) is 48.9 Å². The van der Waals surface area contributed by atoms with Crippen LogP contribution in [0.5, 0.6) is 0 Å². The number of nitro groups is 1. The molecule has 0 amide bonds. The first kappa shape index (κ1) is 13.9. The van der Waals surface area contributed by atoms with Gasteiger partial charge < -0.3 is 20.3 Å². The summed E-state index contributed by atoms with van der Waals surface area (Å²) >= 11 is 1.43. The second-order valence-electron chi connectivity index (χ2n) is 3.48. The number of thioether (sulfide) groups is 1. The molecule has 0 aliphatic heterocycles. The van der Waals surface area contributed by atoms with Gasteiger partial charge in [-0.25, -0.2) is 9.55 Å². The van der Waals surface area contributed by atoms with Crippen LogP contribution in [0.15, 0.2) is 6.20 Å². The van der Waals surface area contributed by atoms with E-state index in [-0.39, 0.29) is 12.4 Å². The van der Waals surface area contributed by atoms with Crippen LogP contribution in [0.25, 0.3) is 0 Å². The van der Waals surface area contributed by atoms with Crippen LogP contribution < -0.4 is 0 Å². The minimum Gasteiger partial charge on any atom is -0.394 e. The van der Waals surface area contributed by atoms with Crippen LogP contribution in [0.1, 0.15) is 5.82 Å². The highest BCUT2D eigenvalue weighted by Crippen LogP contribution is 2.15. The maximum absolute atomic E-state index is 10.7. The van der Waals surface area contributed by atoms with Crippen LogP contribution in [0.2, 0.25) is 0 Å². The third-order valence-corrected chi connectivity index (χ3v) is 3.29. The van der Waals surface area contributed by atoms with Crippen molar-refractivity contribution in [3.05, 3.63) is 22.1 Å². The molecule has 0 radical (unpaired) electrons. The molecule has 17 heavy (non-hydrogen) atoms. The maximum atomic E-state index is 10.7. The number of rotatable bonds is 7. The predicted molar refractivity (Wildman–Crippen MR) is 64.0 cm³/mol. The molecule has 1 aromatic rings. The second kappa shape index (κ2) is 6.58. The van der Waals surface area contributed by atoms with Crippen molar-refractivity contribution >= 4 is 17.6 Å². The first-order valence-corrected chi connectivity index (χ1v) is 6.25. The molecule has 1 aromatic heterocycles. The van der Waals surface area contributed by atoms with Gasteiger partial charge in [0.1, 0.15) is 12.7 Å². The Hall–Kier alpha value is -1.12. The number of hydrogen-bond acceptors (Lipinski definition) is 6. The highest BCUT2D eigenvalue weighted by atomic mass is 32.2. The summed E-state index contributed by atoms with van der Waals surface area (Å²) in [7, 11) is 0. The Balaban J connectivity index is 2.46. The normalized spacial score (nSPS) is 12.6. The number of hydrogen-bond donors (Lipinski definition) is 2. The van der Waals surface area contributed by atoms with Crippen molar-refractivity contribution in [3.8, 4) is 0 Å². The average molecular weight is 261 g/mol. The summed E-state index contributed by atoms with van der Waals surface area (Å²) in [6.45, 7) is 1.91. The van der Waals surface area contributed by atoms with Gasteiger partial charge in [-0.05, 0) is 4.92 Å². The summed E-state index contributed by atoms with van der Waals surface area (Å²) in [6.07, 6.45) is 0.502. The first-order chi connectivity index (χ1) is 8.06. The van der Waals surface area contributed by atoms with Gasteiger partial charge in [-0.3, -0.25) is 0 Å². The van der Waals surface area contributed by atoms with Crippen LogP contribution in [0, 0.1) is 17.0 Å². The lowest BCUT2D eigenvalue weighted by Gasteiger charge is -2.06. The van der Waals surface area contributed by atoms with Gasteiger partial charge in [0, 0.05) is 18.4 Å². The molecule has 0 fully saturated rings. The molecular formula is C9H15N3O4S. The smallest absolute Gasteiger partial charge is 0.342 e. The highest BCUT2D eigenvalue weighted by Gasteiger charge is 2.16. The van der Waals surface area contributed by atoms with Gasteiger partial charge in [0.15, 0.2) is 5.82 Å². The van der Waals surface area contributed by atoms with Crippen molar-refractivity contribution in [2.24, 2.45) is 0 Å². The zero-order valence-corrected chi connectivity index (χ0v) is 10.3. The lowest BCUT2D eigenvalue weighted by molar-refractivity contribution is -0.392. The van der Waals surface area contributed by atoms with Crippen molar-refractivity contribution in [1.29, 1.82) is 0 Å². The first-order valence-electron chi connectivity index (χ1n) is 5.09. The van der Waals surface area contributed by atoms with Crippen LogP contribution in [-0.2, 0) is 6.54 Å². The number of aliphatic hydroxyl groups excluding tert-OH is 2. The van der Waals surface area contributed by atoms with Crippen molar-refractivity contribution in [1.82, 2.24) is 9.55 Å². The molecular weight excluding hydrogens is 246 g/mol. The van der Waals surface area contributed by atoms with Crippen LogP contribution in [0.4, 0.5) is 5.82 Å². The SMILES string of the molecule is Cc1ncc([N+](=O)[O-])n1CCSCC(O)CO. The Morgan fingerprint density at radius 3 is 3.00 bits per heavy atom. The third-order valence-electron chi connectivity index (χ3n) is 2.20. The van der Waals surface area contributed by atoms with Crippen LogP contribution in [0.3, 0.4) is 0 Å². The van der Waals surface area contributed by atoms with Crippen molar-refractivity contribution in [2.75, 3.05) is 18.1 Å². The summed E-state index contributed by atoms with van der Waals surface area (Å²) in [5, 5.41) is 28.4. The Morgan fingerprint density at radius 1 is 1.71 bits per heavy atom. The molecule has 2 N–H and O–H groups in total. The van der Waals surface area contributed by atoms with E-state index >= 15 is 0 Å². The van der Waals surface area contributed by atoms with E-state index in [4.69, 9.17) is 10.2 Å². The molecule has 1 heterocycles.